The van der Waals surface area contributed by atoms with Crippen LogP contribution in [0.2, 0.25) is 0 Å². The van der Waals surface area contributed by atoms with E-state index in [-0.39, 0.29) is 29.0 Å². The second kappa shape index (κ2) is 5.28. The van der Waals surface area contributed by atoms with E-state index in [2.05, 4.69) is 0 Å². The average Bonchev–Trinajstić information content (AvgIpc) is 3.27. The smallest absolute Gasteiger partial charge is 0.212 e. The summed E-state index contributed by atoms with van der Waals surface area (Å²) in [6, 6.07) is 9.10. The number of carbonyl (C=O) groups excluding carboxylic acids is 3. The van der Waals surface area contributed by atoms with Gasteiger partial charge in [-0.05, 0) is 13.8 Å². The van der Waals surface area contributed by atoms with Crippen LogP contribution in [-0.2, 0) is 7.05 Å². The third kappa shape index (κ3) is 2.19. The molecule has 1 aromatic heterocycles. The minimum absolute atomic E-state index is 0.221. The van der Waals surface area contributed by atoms with E-state index in [0.29, 0.717) is 28.2 Å². The Labute approximate surface area is 145 Å². The molecule has 2 heterocycles. The third-order valence-corrected chi connectivity index (χ3v) is 5.08. The van der Waals surface area contributed by atoms with Crippen LogP contribution in [0, 0.1) is 6.92 Å². The highest BCUT2D eigenvalue weighted by Crippen LogP contribution is 2.35. The van der Waals surface area contributed by atoms with Gasteiger partial charge < -0.3 is 9.47 Å². The predicted octanol–water partition coefficient (Wildman–Crippen LogP) is 2.53. The van der Waals surface area contributed by atoms with E-state index < -0.39 is 0 Å². The topological polar surface area (TPSA) is 59.1 Å². The van der Waals surface area contributed by atoms with Crippen LogP contribution in [0.5, 0.6) is 0 Å². The number of nitrogens with zero attached hydrogens (tertiary/aromatic N) is 2. The largest absolute Gasteiger partial charge is 0.362 e. The van der Waals surface area contributed by atoms with E-state index in [0.717, 1.165) is 6.54 Å². The summed E-state index contributed by atoms with van der Waals surface area (Å²) in [4.78, 5) is 40.7. The van der Waals surface area contributed by atoms with Gasteiger partial charge in [0.25, 0.3) is 0 Å². The number of Topliss-reactive ketones (excluding diaryl/α,β-unsaturated/α-hetero) is 1. The maximum atomic E-state index is 13.1. The van der Waals surface area contributed by atoms with E-state index in [4.69, 9.17) is 0 Å². The van der Waals surface area contributed by atoms with Crippen molar-refractivity contribution in [2.75, 3.05) is 6.54 Å². The molecular weight excluding hydrogens is 316 g/mol. The van der Waals surface area contributed by atoms with Crippen LogP contribution in [0.3, 0.4) is 0 Å². The van der Waals surface area contributed by atoms with E-state index in [9.17, 15) is 14.4 Å². The quantitative estimate of drug-likeness (QED) is 0.639. The second-order valence-electron chi connectivity index (χ2n) is 6.66. The molecule has 0 saturated carbocycles. The number of fused-ring (bicyclic) bond motifs is 1. The Kier molecular flexibility index (Phi) is 3.29. The first-order chi connectivity index (χ1) is 11.9. The summed E-state index contributed by atoms with van der Waals surface area (Å²) < 4.78 is 1.66. The van der Waals surface area contributed by atoms with Gasteiger partial charge in [-0.3, -0.25) is 14.4 Å². The van der Waals surface area contributed by atoms with Gasteiger partial charge in [0.15, 0.2) is 5.78 Å². The zero-order valence-electron chi connectivity index (χ0n) is 14.4. The second-order valence-corrected chi connectivity index (χ2v) is 6.66. The van der Waals surface area contributed by atoms with E-state index >= 15 is 0 Å². The van der Waals surface area contributed by atoms with Crippen LogP contribution in [0.4, 0.5) is 0 Å². The van der Waals surface area contributed by atoms with Crippen LogP contribution >= 0.6 is 0 Å². The van der Waals surface area contributed by atoms with Crippen molar-refractivity contribution >= 4 is 17.3 Å². The average molecular weight is 334 g/mol. The lowest BCUT2D eigenvalue weighted by Gasteiger charge is -2.15. The normalized spacial score (nSPS) is 18.9. The first-order valence-corrected chi connectivity index (χ1v) is 8.28. The number of carbonyl (C=O) groups is 3. The SMILES string of the molecule is Cc1c(C(=O)c2ccccc2)c2c(n1C)C(=O)C=C(N1CC1C)C2=O. The van der Waals surface area contributed by atoms with Gasteiger partial charge in [0.1, 0.15) is 5.69 Å². The molecule has 1 aliphatic carbocycles. The van der Waals surface area contributed by atoms with Crippen molar-refractivity contribution in [1.29, 1.82) is 0 Å². The van der Waals surface area contributed by atoms with Crippen molar-refractivity contribution in [2.45, 2.75) is 19.9 Å². The maximum Gasteiger partial charge on any atom is 0.212 e. The Morgan fingerprint density at radius 2 is 1.80 bits per heavy atom. The Hall–Kier alpha value is -2.95. The maximum absolute atomic E-state index is 13.1. The van der Waals surface area contributed by atoms with Crippen LogP contribution < -0.4 is 0 Å². The lowest BCUT2D eigenvalue weighted by molar-refractivity contribution is 0.0959. The van der Waals surface area contributed by atoms with Crippen molar-refractivity contribution in [3.63, 3.8) is 0 Å². The first-order valence-electron chi connectivity index (χ1n) is 8.28. The van der Waals surface area contributed by atoms with Crippen LogP contribution in [0.1, 0.15) is 49.4 Å². The molecule has 0 amide bonds. The molecule has 1 aliphatic heterocycles. The van der Waals surface area contributed by atoms with Crippen molar-refractivity contribution in [3.05, 3.63) is 70.2 Å². The van der Waals surface area contributed by atoms with Gasteiger partial charge in [-0.2, -0.15) is 0 Å². The summed E-state index contributed by atoms with van der Waals surface area (Å²) in [6.07, 6.45) is 1.41. The van der Waals surface area contributed by atoms with Gasteiger partial charge in [-0.25, -0.2) is 0 Å². The monoisotopic (exact) mass is 334 g/mol. The van der Waals surface area contributed by atoms with Crippen molar-refractivity contribution in [3.8, 4) is 0 Å². The number of aromatic nitrogens is 1. The van der Waals surface area contributed by atoms with Gasteiger partial charge >= 0.3 is 0 Å². The van der Waals surface area contributed by atoms with Crippen molar-refractivity contribution in [2.24, 2.45) is 7.05 Å². The summed E-state index contributed by atoms with van der Waals surface area (Å²) in [5.41, 5.74) is 2.43. The highest BCUT2D eigenvalue weighted by molar-refractivity contribution is 6.29. The number of rotatable bonds is 3. The van der Waals surface area contributed by atoms with Gasteiger partial charge in [0, 0.05) is 37.0 Å². The first kappa shape index (κ1) is 15.6. The molecule has 1 aromatic carbocycles. The highest BCUT2D eigenvalue weighted by atomic mass is 16.1. The number of hydrogen-bond donors (Lipinski definition) is 0. The number of ketones is 3. The molecule has 25 heavy (non-hydrogen) atoms. The van der Waals surface area contributed by atoms with Gasteiger partial charge in [0.2, 0.25) is 11.6 Å². The highest BCUT2D eigenvalue weighted by Gasteiger charge is 2.42. The Bertz CT molecular complexity index is 967. The minimum Gasteiger partial charge on any atom is -0.362 e. The molecule has 1 saturated heterocycles. The van der Waals surface area contributed by atoms with E-state index in [1.54, 1.807) is 42.8 Å². The molecule has 5 heteroatoms. The predicted molar refractivity (Wildman–Crippen MR) is 92.9 cm³/mol. The van der Waals surface area contributed by atoms with E-state index in [1.807, 2.05) is 17.9 Å². The molecule has 2 aromatic rings. The summed E-state index contributed by atoms with van der Waals surface area (Å²) >= 11 is 0. The number of allylic oxidation sites excluding steroid dienone is 2. The van der Waals surface area contributed by atoms with Gasteiger partial charge in [0.05, 0.1) is 16.8 Å². The molecule has 1 atom stereocenters. The fourth-order valence-electron chi connectivity index (χ4n) is 3.50. The third-order valence-electron chi connectivity index (χ3n) is 5.08. The molecule has 1 unspecified atom stereocenters. The molecule has 5 nitrogen and oxygen atoms in total. The fraction of sp³-hybridized carbons (Fsp3) is 0.250. The standard InChI is InChI=1S/C20H18N2O3/c1-11-10-22(11)14-9-15(23)18-17(20(14)25)16(12(2)21(18)3)19(24)13-7-5-4-6-8-13/h4-9,11H,10H2,1-3H3. The van der Waals surface area contributed by atoms with Crippen molar-refractivity contribution in [1.82, 2.24) is 9.47 Å². The Balaban J connectivity index is 1.90. The summed E-state index contributed by atoms with van der Waals surface area (Å²) in [6.45, 7) is 4.53. The molecule has 0 N–H and O–H groups in total. The Morgan fingerprint density at radius 1 is 1.16 bits per heavy atom. The number of hydrogen-bond acceptors (Lipinski definition) is 4. The molecular formula is C20H18N2O3. The molecule has 0 bridgehead atoms. The van der Waals surface area contributed by atoms with Crippen molar-refractivity contribution < 1.29 is 14.4 Å². The van der Waals surface area contributed by atoms with Gasteiger partial charge in [-0.1, -0.05) is 30.3 Å². The van der Waals surface area contributed by atoms with Crippen LogP contribution in [-0.4, -0.2) is 39.4 Å². The van der Waals surface area contributed by atoms with E-state index in [1.165, 1.54) is 6.08 Å². The van der Waals surface area contributed by atoms with Crippen LogP contribution in [0.15, 0.2) is 42.1 Å². The summed E-state index contributed by atoms with van der Waals surface area (Å²) in [5, 5.41) is 0. The summed E-state index contributed by atoms with van der Waals surface area (Å²) in [7, 11) is 1.72. The molecule has 1 fully saturated rings. The molecule has 0 spiro atoms. The zero-order valence-corrected chi connectivity index (χ0v) is 14.4. The van der Waals surface area contributed by atoms with Gasteiger partial charge in [-0.15, -0.1) is 0 Å². The lowest BCUT2D eigenvalue weighted by atomic mass is 9.91. The zero-order chi connectivity index (χ0) is 17.9. The molecule has 2 aliphatic rings. The lowest BCUT2D eigenvalue weighted by Crippen LogP contribution is -2.24. The van der Waals surface area contributed by atoms with Crippen LogP contribution in [0.25, 0.3) is 0 Å². The Morgan fingerprint density at radius 3 is 2.40 bits per heavy atom. The molecule has 4 rings (SSSR count). The summed E-state index contributed by atoms with van der Waals surface area (Å²) in [5.74, 6) is -0.681. The molecule has 126 valence electrons. The molecule has 0 radical (unpaired) electrons. The minimum atomic E-state index is -0.234. The number of benzene rings is 1. The fourth-order valence-corrected chi connectivity index (χ4v) is 3.50.